The minimum Gasteiger partial charge on any atom is -0.386 e. The number of rotatable bonds is 5. The van der Waals surface area contributed by atoms with Crippen molar-refractivity contribution in [2.45, 2.75) is 22.4 Å². The Balaban J connectivity index is 1.82. The Morgan fingerprint density at radius 1 is 1.05 bits per heavy atom. The second-order valence-corrected chi connectivity index (χ2v) is 5.84. The average Bonchev–Trinajstić information content (AvgIpc) is 3.02. The number of nitrogens with zero attached hydrogens (tertiary/aromatic N) is 2. The van der Waals surface area contributed by atoms with E-state index in [0.717, 1.165) is 10.5 Å². The minimum atomic E-state index is -0.549. The van der Waals surface area contributed by atoms with Crippen molar-refractivity contribution >= 4 is 11.8 Å². The van der Waals surface area contributed by atoms with Crippen LogP contribution in [-0.2, 0) is 6.54 Å². The summed E-state index contributed by atoms with van der Waals surface area (Å²) in [4.78, 5) is 6.25. The third-order valence-electron chi connectivity index (χ3n) is 3.19. The Morgan fingerprint density at radius 3 is 2.57 bits per heavy atom. The molecule has 0 amide bonds. The SMILES string of the molecule is OC(Cn1ccnc1)c1ccccc1Sc1ccccc1. The van der Waals surface area contributed by atoms with Gasteiger partial charge in [0.15, 0.2) is 0 Å². The first-order chi connectivity index (χ1) is 10.3. The van der Waals surface area contributed by atoms with Gasteiger partial charge >= 0.3 is 0 Å². The van der Waals surface area contributed by atoms with Crippen molar-refractivity contribution in [3.63, 3.8) is 0 Å². The van der Waals surface area contributed by atoms with E-state index in [1.807, 2.05) is 53.2 Å². The molecule has 0 aliphatic heterocycles. The first-order valence-corrected chi connectivity index (χ1v) is 7.60. The molecule has 3 aromatic rings. The van der Waals surface area contributed by atoms with Gasteiger partial charge in [0, 0.05) is 22.2 Å². The van der Waals surface area contributed by atoms with Gasteiger partial charge in [0.2, 0.25) is 0 Å². The fourth-order valence-corrected chi connectivity index (χ4v) is 3.17. The van der Waals surface area contributed by atoms with Crippen LogP contribution in [0.3, 0.4) is 0 Å². The van der Waals surface area contributed by atoms with Gasteiger partial charge in [0.1, 0.15) is 0 Å². The number of aliphatic hydroxyl groups is 1. The van der Waals surface area contributed by atoms with Crippen molar-refractivity contribution in [3.8, 4) is 0 Å². The molecule has 3 rings (SSSR count). The lowest BCUT2D eigenvalue weighted by Crippen LogP contribution is -2.08. The Bertz CT molecular complexity index is 683. The topological polar surface area (TPSA) is 38.0 Å². The van der Waals surface area contributed by atoms with E-state index in [1.54, 1.807) is 24.3 Å². The van der Waals surface area contributed by atoms with Crippen LogP contribution in [0.4, 0.5) is 0 Å². The van der Waals surface area contributed by atoms with Gasteiger partial charge in [0.05, 0.1) is 19.0 Å². The molecule has 0 radical (unpaired) electrons. The minimum absolute atomic E-state index is 0.506. The van der Waals surface area contributed by atoms with Crippen LogP contribution in [0.25, 0.3) is 0 Å². The van der Waals surface area contributed by atoms with Crippen molar-refractivity contribution in [1.82, 2.24) is 9.55 Å². The van der Waals surface area contributed by atoms with E-state index >= 15 is 0 Å². The number of aromatic nitrogens is 2. The molecular formula is C17H16N2OS. The molecule has 3 nitrogen and oxygen atoms in total. The quantitative estimate of drug-likeness (QED) is 0.779. The monoisotopic (exact) mass is 296 g/mol. The summed E-state index contributed by atoms with van der Waals surface area (Å²) in [7, 11) is 0. The Morgan fingerprint density at radius 2 is 1.81 bits per heavy atom. The molecule has 1 atom stereocenters. The molecule has 1 N–H and O–H groups in total. The Labute approximate surface area is 128 Å². The summed E-state index contributed by atoms with van der Waals surface area (Å²) in [5.74, 6) is 0. The van der Waals surface area contributed by atoms with E-state index in [9.17, 15) is 5.11 Å². The zero-order valence-electron chi connectivity index (χ0n) is 11.5. The van der Waals surface area contributed by atoms with Gasteiger partial charge in [-0.3, -0.25) is 0 Å². The molecule has 0 bridgehead atoms. The van der Waals surface area contributed by atoms with Crippen LogP contribution in [0.5, 0.6) is 0 Å². The van der Waals surface area contributed by atoms with Crippen molar-refractivity contribution < 1.29 is 5.11 Å². The van der Waals surface area contributed by atoms with Crippen LogP contribution in [0.1, 0.15) is 11.7 Å². The molecule has 4 heteroatoms. The van der Waals surface area contributed by atoms with Gasteiger partial charge in [0.25, 0.3) is 0 Å². The largest absolute Gasteiger partial charge is 0.386 e. The molecule has 0 aliphatic rings. The lowest BCUT2D eigenvalue weighted by Gasteiger charge is -2.15. The highest BCUT2D eigenvalue weighted by Gasteiger charge is 2.13. The van der Waals surface area contributed by atoms with Crippen LogP contribution in [0.2, 0.25) is 0 Å². The molecule has 0 spiro atoms. The number of imidazole rings is 1. The average molecular weight is 296 g/mol. The number of hydrogen-bond donors (Lipinski definition) is 1. The van der Waals surface area contributed by atoms with Crippen LogP contribution >= 0.6 is 11.8 Å². The molecule has 0 saturated heterocycles. The maximum absolute atomic E-state index is 10.5. The van der Waals surface area contributed by atoms with Crippen molar-refractivity contribution in [3.05, 3.63) is 78.9 Å². The first-order valence-electron chi connectivity index (χ1n) is 6.78. The molecule has 0 aliphatic carbocycles. The molecule has 106 valence electrons. The van der Waals surface area contributed by atoms with Gasteiger partial charge in [-0.15, -0.1) is 0 Å². The van der Waals surface area contributed by atoms with E-state index < -0.39 is 6.10 Å². The molecule has 0 saturated carbocycles. The van der Waals surface area contributed by atoms with E-state index in [4.69, 9.17) is 0 Å². The lowest BCUT2D eigenvalue weighted by atomic mass is 10.1. The maximum Gasteiger partial charge on any atom is 0.0980 e. The van der Waals surface area contributed by atoms with Gasteiger partial charge in [-0.05, 0) is 23.8 Å². The third-order valence-corrected chi connectivity index (χ3v) is 4.29. The normalized spacial score (nSPS) is 12.2. The van der Waals surface area contributed by atoms with E-state index in [2.05, 4.69) is 17.1 Å². The maximum atomic E-state index is 10.5. The highest BCUT2D eigenvalue weighted by atomic mass is 32.2. The van der Waals surface area contributed by atoms with Gasteiger partial charge in [-0.2, -0.15) is 0 Å². The molecular weight excluding hydrogens is 280 g/mol. The summed E-state index contributed by atoms with van der Waals surface area (Å²) < 4.78 is 1.88. The lowest BCUT2D eigenvalue weighted by molar-refractivity contribution is 0.154. The zero-order valence-corrected chi connectivity index (χ0v) is 12.3. The number of benzene rings is 2. The molecule has 0 fully saturated rings. The standard InChI is InChI=1S/C17H16N2OS/c20-16(12-19-11-10-18-13-19)15-8-4-5-9-17(15)21-14-6-2-1-3-7-14/h1-11,13,16,20H,12H2. The van der Waals surface area contributed by atoms with Gasteiger partial charge in [-0.25, -0.2) is 4.98 Å². The van der Waals surface area contributed by atoms with E-state index in [1.165, 1.54) is 4.90 Å². The van der Waals surface area contributed by atoms with Crippen molar-refractivity contribution in [1.29, 1.82) is 0 Å². The zero-order chi connectivity index (χ0) is 14.5. The summed E-state index contributed by atoms with van der Waals surface area (Å²) in [6.45, 7) is 0.506. The summed E-state index contributed by atoms with van der Waals surface area (Å²) in [6, 6.07) is 18.2. The van der Waals surface area contributed by atoms with Crippen LogP contribution in [0, 0.1) is 0 Å². The second kappa shape index (κ2) is 6.61. The number of hydrogen-bond acceptors (Lipinski definition) is 3. The molecule has 2 aromatic carbocycles. The molecule has 1 heterocycles. The van der Waals surface area contributed by atoms with Crippen LogP contribution < -0.4 is 0 Å². The number of aliphatic hydroxyl groups excluding tert-OH is 1. The molecule has 1 aromatic heterocycles. The van der Waals surface area contributed by atoms with Gasteiger partial charge < -0.3 is 9.67 Å². The molecule has 1 unspecified atom stereocenters. The second-order valence-electron chi connectivity index (χ2n) is 4.73. The summed E-state index contributed by atoms with van der Waals surface area (Å²) >= 11 is 1.67. The summed E-state index contributed by atoms with van der Waals surface area (Å²) in [6.07, 6.45) is 4.75. The summed E-state index contributed by atoms with van der Waals surface area (Å²) in [5.41, 5.74) is 0.944. The van der Waals surface area contributed by atoms with E-state index in [-0.39, 0.29) is 0 Å². The van der Waals surface area contributed by atoms with Crippen LogP contribution in [-0.4, -0.2) is 14.7 Å². The fourth-order valence-electron chi connectivity index (χ4n) is 2.16. The highest BCUT2D eigenvalue weighted by Crippen LogP contribution is 2.33. The Kier molecular flexibility index (Phi) is 4.38. The summed E-state index contributed by atoms with van der Waals surface area (Å²) in [5, 5.41) is 10.5. The Hall–Kier alpha value is -2.04. The smallest absolute Gasteiger partial charge is 0.0980 e. The van der Waals surface area contributed by atoms with Crippen molar-refractivity contribution in [2.24, 2.45) is 0 Å². The fraction of sp³-hybridized carbons (Fsp3) is 0.118. The first kappa shape index (κ1) is 13.9. The van der Waals surface area contributed by atoms with Crippen molar-refractivity contribution in [2.75, 3.05) is 0 Å². The highest BCUT2D eigenvalue weighted by molar-refractivity contribution is 7.99. The van der Waals surface area contributed by atoms with Crippen LogP contribution in [0.15, 0.2) is 83.1 Å². The predicted molar refractivity (Wildman–Crippen MR) is 84.2 cm³/mol. The van der Waals surface area contributed by atoms with E-state index in [0.29, 0.717) is 6.54 Å². The van der Waals surface area contributed by atoms with Gasteiger partial charge in [-0.1, -0.05) is 48.2 Å². The third kappa shape index (κ3) is 3.54. The predicted octanol–water partition coefficient (Wildman–Crippen LogP) is 3.77. The molecule has 21 heavy (non-hydrogen) atoms.